The number of aromatic nitrogens is 3. The minimum atomic E-state index is 0.0835. The Kier molecular flexibility index (Phi) is 4.46. The molecular weight excluding hydrogens is 378 g/mol. The molecule has 0 aliphatic heterocycles. The molecule has 0 saturated heterocycles. The summed E-state index contributed by atoms with van der Waals surface area (Å²) in [6.45, 7) is 2.02. The molecule has 154 valence electrons. The van der Waals surface area contributed by atoms with Gasteiger partial charge in [-0.15, -0.1) is 0 Å². The van der Waals surface area contributed by atoms with Crippen molar-refractivity contribution in [3.8, 4) is 11.5 Å². The van der Waals surface area contributed by atoms with Gasteiger partial charge in [-0.3, -0.25) is 9.20 Å². The van der Waals surface area contributed by atoms with Gasteiger partial charge in [0, 0.05) is 36.2 Å². The molecule has 7 heteroatoms. The summed E-state index contributed by atoms with van der Waals surface area (Å²) < 4.78 is 8.23. The van der Waals surface area contributed by atoms with Crippen LogP contribution in [0.4, 0.5) is 5.82 Å². The maximum absolute atomic E-state index is 12.0. The van der Waals surface area contributed by atoms with Crippen molar-refractivity contribution in [1.82, 2.24) is 19.7 Å². The number of nitrogens with two attached hydrogens (primary N) is 1. The van der Waals surface area contributed by atoms with Crippen molar-refractivity contribution >= 4 is 28.2 Å². The number of furan rings is 1. The molecule has 4 aromatic rings. The molecule has 3 heterocycles. The van der Waals surface area contributed by atoms with Gasteiger partial charge in [0.15, 0.2) is 5.76 Å². The first-order chi connectivity index (χ1) is 14.6. The lowest BCUT2D eigenvalue weighted by Gasteiger charge is -2.27. The van der Waals surface area contributed by atoms with E-state index in [4.69, 9.17) is 15.1 Å². The van der Waals surface area contributed by atoms with Crippen molar-refractivity contribution < 1.29 is 9.21 Å². The topological polar surface area (TPSA) is 98.5 Å². The van der Waals surface area contributed by atoms with Gasteiger partial charge < -0.3 is 15.5 Å². The number of amides is 1. The summed E-state index contributed by atoms with van der Waals surface area (Å²) in [4.78, 5) is 21.4. The number of para-hydroxylation sites is 1. The van der Waals surface area contributed by atoms with Crippen molar-refractivity contribution in [1.29, 1.82) is 0 Å². The fraction of sp³-hybridized carbons (Fsp3) is 0.348. The second-order valence-electron chi connectivity index (χ2n) is 8.10. The van der Waals surface area contributed by atoms with Gasteiger partial charge in [-0.05, 0) is 44.7 Å². The summed E-state index contributed by atoms with van der Waals surface area (Å²) in [5, 5.41) is 3.81. The third kappa shape index (κ3) is 2.93. The van der Waals surface area contributed by atoms with Crippen LogP contribution in [-0.4, -0.2) is 27.3 Å². The van der Waals surface area contributed by atoms with Crippen molar-refractivity contribution in [2.75, 3.05) is 12.8 Å². The van der Waals surface area contributed by atoms with E-state index in [1.54, 1.807) is 13.2 Å². The van der Waals surface area contributed by atoms with Crippen LogP contribution in [0.15, 0.2) is 40.9 Å². The minimum Gasteiger partial charge on any atom is -0.454 e. The number of benzene rings is 1. The van der Waals surface area contributed by atoms with E-state index in [0.29, 0.717) is 11.6 Å². The Morgan fingerprint density at radius 2 is 2.00 bits per heavy atom. The average Bonchev–Trinajstić information content (AvgIpc) is 3.38. The second kappa shape index (κ2) is 7.16. The Labute approximate surface area is 174 Å². The van der Waals surface area contributed by atoms with Crippen LogP contribution < -0.4 is 11.1 Å². The Morgan fingerprint density at radius 3 is 2.73 bits per heavy atom. The standard InChI is InChI=1S/C23H25N5O2/c1-13-12-26-21(24)20-19(18-11-16-5-3-4-6-17(16)30-18)27-22(28(13)20)14-7-9-15(10-8-14)23(29)25-2/h3-6,11-12,14-15H,7-10H2,1-2H3,(H2,24,26)(H,25,29). The molecule has 1 saturated carbocycles. The number of carbonyl (C=O) groups excluding carboxylic acids is 1. The highest BCUT2D eigenvalue weighted by Crippen LogP contribution is 2.40. The van der Waals surface area contributed by atoms with E-state index in [2.05, 4.69) is 14.7 Å². The molecule has 0 radical (unpaired) electrons. The Balaban J connectivity index is 1.62. The number of fused-ring (bicyclic) bond motifs is 2. The third-order valence-corrected chi connectivity index (χ3v) is 6.26. The molecule has 0 spiro atoms. The number of nitrogen functional groups attached to an aromatic ring is 1. The zero-order valence-electron chi connectivity index (χ0n) is 17.2. The number of aryl methyl sites for hydroxylation is 1. The molecule has 7 nitrogen and oxygen atoms in total. The highest BCUT2D eigenvalue weighted by Gasteiger charge is 2.31. The maximum Gasteiger partial charge on any atom is 0.222 e. The van der Waals surface area contributed by atoms with Gasteiger partial charge in [0.2, 0.25) is 5.91 Å². The molecular formula is C23H25N5O2. The number of nitrogens with zero attached hydrogens (tertiary/aromatic N) is 3. The fourth-order valence-electron chi connectivity index (χ4n) is 4.67. The SMILES string of the molecule is CNC(=O)C1CCC(c2nc(-c3cc4ccccc4o3)c3c(N)ncc(C)n23)CC1. The van der Waals surface area contributed by atoms with Crippen LogP contribution in [0.5, 0.6) is 0 Å². The molecule has 30 heavy (non-hydrogen) atoms. The van der Waals surface area contributed by atoms with Gasteiger partial charge in [-0.2, -0.15) is 0 Å². The highest BCUT2D eigenvalue weighted by molar-refractivity contribution is 5.89. The van der Waals surface area contributed by atoms with E-state index in [0.717, 1.165) is 59.4 Å². The number of rotatable bonds is 3. The van der Waals surface area contributed by atoms with Crippen LogP contribution in [-0.2, 0) is 4.79 Å². The molecule has 1 aliphatic rings. The largest absolute Gasteiger partial charge is 0.454 e. The van der Waals surface area contributed by atoms with Crippen molar-refractivity contribution in [2.45, 2.75) is 38.5 Å². The molecule has 1 fully saturated rings. The summed E-state index contributed by atoms with van der Waals surface area (Å²) in [6.07, 6.45) is 5.33. The Bertz CT molecular complexity index is 1210. The van der Waals surface area contributed by atoms with Crippen LogP contribution in [0.25, 0.3) is 27.9 Å². The average molecular weight is 403 g/mol. The molecule has 0 unspecified atom stereocenters. The van der Waals surface area contributed by atoms with E-state index in [9.17, 15) is 4.79 Å². The Morgan fingerprint density at radius 1 is 1.23 bits per heavy atom. The number of anilines is 1. The van der Waals surface area contributed by atoms with E-state index in [1.807, 2.05) is 37.3 Å². The molecule has 5 rings (SSSR count). The molecule has 0 bridgehead atoms. The number of imidazole rings is 1. The lowest BCUT2D eigenvalue weighted by molar-refractivity contribution is -0.125. The van der Waals surface area contributed by atoms with Crippen molar-refractivity contribution in [3.63, 3.8) is 0 Å². The number of hydrogen-bond acceptors (Lipinski definition) is 5. The second-order valence-corrected chi connectivity index (χ2v) is 8.10. The first-order valence-corrected chi connectivity index (χ1v) is 10.4. The quantitative estimate of drug-likeness (QED) is 0.538. The van der Waals surface area contributed by atoms with Crippen LogP contribution in [0.3, 0.4) is 0 Å². The predicted octanol–water partition coefficient (Wildman–Crippen LogP) is 4.05. The molecule has 3 N–H and O–H groups in total. The summed E-state index contributed by atoms with van der Waals surface area (Å²) in [7, 11) is 1.70. The van der Waals surface area contributed by atoms with Gasteiger partial charge in [-0.1, -0.05) is 18.2 Å². The van der Waals surface area contributed by atoms with Gasteiger partial charge in [0.05, 0.1) is 0 Å². The highest BCUT2D eigenvalue weighted by atomic mass is 16.3. The Hall–Kier alpha value is -3.35. The smallest absolute Gasteiger partial charge is 0.222 e. The monoisotopic (exact) mass is 403 g/mol. The zero-order chi connectivity index (χ0) is 20.8. The van der Waals surface area contributed by atoms with Crippen molar-refractivity contribution in [2.24, 2.45) is 5.92 Å². The van der Waals surface area contributed by atoms with E-state index in [-0.39, 0.29) is 17.7 Å². The summed E-state index contributed by atoms with van der Waals surface area (Å²) in [6, 6.07) is 9.92. The fourth-order valence-corrected chi connectivity index (χ4v) is 4.67. The zero-order valence-corrected chi connectivity index (χ0v) is 17.2. The maximum atomic E-state index is 12.0. The van der Waals surface area contributed by atoms with Gasteiger partial charge >= 0.3 is 0 Å². The molecule has 1 amide bonds. The molecule has 1 aromatic carbocycles. The van der Waals surface area contributed by atoms with E-state index >= 15 is 0 Å². The summed E-state index contributed by atoms with van der Waals surface area (Å²) in [5.74, 6) is 2.58. The molecule has 0 atom stereocenters. The van der Waals surface area contributed by atoms with Crippen molar-refractivity contribution in [3.05, 3.63) is 48.0 Å². The van der Waals surface area contributed by atoms with Crippen LogP contribution >= 0.6 is 0 Å². The van der Waals surface area contributed by atoms with E-state index < -0.39 is 0 Å². The van der Waals surface area contributed by atoms with Gasteiger partial charge in [-0.25, -0.2) is 9.97 Å². The minimum absolute atomic E-state index is 0.0835. The lowest BCUT2D eigenvalue weighted by Crippen LogP contribution is -2.30. The van der Waals surface area contributed by atoms with Gasteiger partial charge in [0.25, 0.3) is 0 Å². The molecule has 3 aromatic heterocycles. The third-order valence-electron chi connectivity index (χ3n) is 6.26. The first-order valence-electron chi connectivity index (χ1n) is 10.4. The predicted molar refractivity (Wildman–Crippen MR) is 116 cm³/mol. The molecule has 1 aliphatic carbocycles. The van der Waals surface area contributed by atoms with Crippen LogP contribution in [0, 0.1) is 12.8 Å². The number of carbonyl (C=O) groups is 1. The van der Waals surface area contributed by atoms with Crippen LogP contribution in [0.1, 0.15) is 43.1 Å². The van der Waals surface area contributed by atoms with E-state index in [1.165, 1.54) is 0 Å². The van der Waals surface area contributed by atoms with Gasteiger partial charge in [0.1, 0.15) is 28.4 Å². The normalized spacial score (nSPS) is 19.4. The number of hydrogen-bond donors (Lipinski definition) is 2. The first kappa shape index (κ1) is 18.7. The number of nitrogens with one attached hydrogen (secondary N) is 1. The van der Waals surface area contributed by atoms with Crippen LogP contribution in [0.2, 0.25) is 0 Å². The lowest BCUT2D eigenvalue weighted by atomic mass is 9.81. The summed E-state index contributed by atoms with van der Waals surface area (Å²) >= 11 is 0. The summed E-state index contributed by atoms with van der Waals surface area (Å²) in [5.41, 5.74) is 9.63.